The van der Waals surface area contributed by atoms with Crippen molar-refractivity contribution in [3.8, 4) is 0 Å². The van der Waals surface area contributed by atoms with Crippen molar-refractivity contribution in [2.45, 2.75) is 26.7 Å². The summed E-state index contributed by atoms with van der Waals surface area (Å²) < 4.78 is 1.73. The molecular weight excluding hydrogens is 316 g/mol. The number of anilines is 1. The van der Waals surface area contributed by atoms with Gasteiger partial charge in [0.1, 0.15) is 6.54 Å². The van der Waals surface area contributed by atoms with E-state index in [0.717, 1.165) is 22.4 Å². The molecule has 2 heterocycles. The van der Waals surface area contributed by atoms with Crippen LogP contribution in [-0.2, 0) is 23.1 Å². The fraction of sp³-hybridized carbons (Fsp3) is 0.421. The highest BCUT2D eigenvalue weighted by molar-refractivity contribution is 5.98. The number of piperazine rings is 1. The number of hydrogen-bond donors (Lipinski definition) is 0. The van der Waals surface area contributed by atoms with Gasteiger partial charge in [-0.05, 0) is 49.1 Å². The lowest BCUT2D eigenvalue weighted by molar-refractivity contribution is -0.136. The summed E-state index contributed by atoms with van der Waals surface area (Å²) in [6.45, 7) is 5.32. The van der Waals surface area contributed by atoms with Gasteiger partial charge in [0.2, 0.25) is 11.8 Å². The smallest absolute Gasteiger partial charge is 0.246 e. The molecule has 0 saturated carbocycles. The van der Waals surface area contributed by atoms with Gasteiger partial charge in [0, 0.05) is 38.4 Å². The Kier molecular flexibility index (Phi) is 4.88. The summed E-state index contributed by atoms with van der Waals surface area (Å²) in [5.41, 5.74) is 4.23. The Morgan fingerprint density at radius 2 is 1.88 bits per heavy atom. The molecule has 6 heteroatoms. The third-order valence-corrected chi connectivity index (χ3v) is 4.48. The Morgan fingerprint density at radius 1 is 1.16 bits per heavy atom. The first-order valence-electron chi connectivity index (χ1n) is 8.56. The van der Waals surface area contributed by atoms with E-state index in [2.05, 4.69) is 11.2 Å². The van der Waals surface area contributed by atoms with E-state index in [1.165, 1.54) is 0 Å². The van der Waals surface area contributed by atoms with Gasteiger partial charge in [-0.2, -0.15) is 5.10 Å². The molecule has 0 bridgehead atoms. The monoisotopic (exact) mass is 340 g/mol. The third kappa shape index (κ3) is 4.07. The number of amides is 2. The van der Waals surface area contributed by atoms with Crippen molar-refractivity contribution >= 4 is 17.5 Å². The summed E-state index contributed by atoms with van der Waals surface area (Å²) in [6.07, 6.45) is 4.74. The van der Waals surface area contributed by atoms with Crippen LogP contribution < -0.4 is 4.90 Å². The van der Waals surface area contributed by atoms with Gasteiger partial charge in [-0.25, -0.2) is 0 Å². The van der Waals surface area contributed by atoms with Crippen LogP contribution in [0.5, 0.6) is 0 Å². The van der Waals surface area contributed by atoms with Crippen molar-refractivity contribution in [1.29, 1.82) is 0 Å². The second kappa shape index (κ2) is 7.09. The minimum absolute atomic E-state index is 0.0222. The summed E-state index contributed by atoms with van der Waals surface area (Å²) in [5.74, 6) is 0.00301. The molecule has 1 aliphatic rings. The predicted octanol–water partition coefficient (Wildman–Crippen LogP) is 1.84. The molecule has 0 N–H and O–H groups in total. The Bertz CT molecular complexity index is 776. The third-order valence-electron chi connectivity index (χ3n) is 4.48. The fourth-order valence-corrected chi connectivity index (χ4v) is 3.28. The molecule has 1 aliphatic heterocycles. The van der Waals surface area contributed by atoms with Crippen molar-refractivity contribution in [2.75, 3.05) is 24.5 Å². The number of aromatic nitrogens is 2. The van der Waals surface area contributed by atoms with E-state index in [1.807, 2.05) is 39.2 Å². The van der Waals surface area contributed by atoms with Gasteiger partial charge in [-0.15, -0.1) is 0 Å². The lowest BCUT2D eigenvalue weighted by Crippen LogP contribution is -2.52. The average molecular weight is 340 g/mol. The van der Waals surface area contributed by atoms with Crippen LogP contribution in [0.4, 0.5) is 5.69 Å². The highest BCUT2D eigenvalue weighted by Crippen LogP contribution is 2.21. The van der Waals surface area contributed by atoms with Crippen molar-refractivity contribution in [3.63, 3.8) is 0 Å². The van der Waals surface area contributed by atoms with Crippen LogP contribution in [0.25, 0.3) is 0 Å². The van der Waals surface area contributed by atoms with E-state index in [-0.39, 0.29) is 18.4 Å². The lowest BCUT2D eigenvalue weighted by Gasteiger charge is -2.34. The topological polar surface area (TPSA) is 58.4 Å². The zero-order valence-electron chi connectivity index (χ0n) is 15.0. The molecule has 3 rings (SSSR count). The maximum absolute atomic E-state index is 12.5. The number of nitrogens with zero attached hydrogens (tertiary/aromatic N) is 4. The van der Waals surface area contributed by atoms with Gasteiger partial charge < -0.3 is 9.80 Å². The number of carbonyl (C=O) groups is 2. The van der Waals surface area contributed by atoms with E-state index in [4.69, 9.17) is 0 Å². The maximum Gasteiger partial charge on any atom is 0.246 e. The zero-order chi connectivity index (χ0) is 18.0. The number of rotatable bonds is 4. The predicted molar refractivity (Wildman–Crippen MR) is 96.4 cm³/mol. The molecule has 132 valence electrons. The quantitative estimate of drug-likeness (QED) is 0.853. The van der Waals surface area contributed by atoms with Gasteiger partial charge in [0.25, 0.3) is 0 Å². The van der Waals surface area contributed by atoms with Crippen LogP contribution >= 0.6 is 0 Å². The van der Waals surface area contributed by atoms with Crippen molar-refractivity contribution in [2.24, 2.45) is 7.05 Å². The number of hydrogen-bond acceptors (Lipinski definition) is 3. The standard InChI is InChI=1S/C19H24N4O2/c1-14-8-15(2)10-17(9-14)23-7-6-22(13-19(23)25)18(24)5-4-16-11-20-21(3)12-16/h8-12H,4-7,13H2,1-3H3. The largest absolute Gasteiger partial charge is 0.332 e. The first kappa shape index (κ1) is 17.2. The molecule has 25 heavy (non-hydrogen) atoms. The number of aryl methyl sites for hydroxylation is 4. The average Bonchev–Trinajstić information content (AvgIpc) is 2.97. The summed E-state index contributed by atoms with van der Waals surface area (Å²) in [4.78, 5) is 28.4. The molecular formula is C19H24N4O2. The second-order valence-electron chi connectivity index (χ2n) is 6.73. The molecule has 1 fully saturated rings. The highest BCUT2D eigenvalue weighted by Gasteiger charge is 2.28. The Morgan fingerprint density at radius 3 is 2.48 bits per heavy atom. The van der Waals surface area contributed by atoms with E-state index in [9.17, 15) is 9.59 Å². The van der Waals surface area contributed by atoms with Crippen molar-refractivity contribution in [1.82, 2.24) is 14.7 Å². The molecule has 0 radical (unpaired) electrons. The molecule has 2 amide bonds. The van der Waals surface area contributed by atoms with Crippen LogP contribution in [0.3, 0.4) is 0 Å². The number of benzene rings is 1. The van der Waals surface area contributed by atoms with Crippen LogP contribution in [0.15, 0.2) is 30.6 Å². The molecule has 6 nitrogen and oxygen atoms in total. The van der Waals surface area contributed by atoms with Crippen molar-refractivity contribution in [3.05, 3.63) is 47.3 Å². The van der Waals surface area contributed by atoms with Gasteiger partial charge >= 0.3 is 0 Å². The molecule has 2 aromatic rings. The Hall–Kier alpha value is -2.63. The minimum Gasteiger partial charge on any atom is -0.332 e. The van der Waals surface area contributed by atoms with Gasteiger partial charge in [0.15, 0.2) is 0 Å². The van der Waals surface area contributed by atoms with Crippen LogP contribution in [0.1, 0.15) is 23.1 Å². The van der Waals surface area contributed by atoms with Gasteiger partial charge in [0.05, 0.1) is 6.20 Å². The van der Waals surface area contributed by atoms with Crippen LogP contribution in [0.2, 0.25) is 0 Å². The summed E-state index contributed by atoms with van der Waals surface area (Å²) in [7, 11) is 1.86. The highest BCUT2D eigenvalue weighted by atomic mass is 16.2. The normalized spacial score (nSPS) is 14.9. The first-order chi connectivity index (χ1) is 11.9. The minimum atomic E-state index is -0.0222. The first-order valence-corrected chi connectivity index (χ1v) is 8.56. The van der Waals surface area contributed by atoms with Crippen molar-refractivity contribution < 1.29 is 9.59 Å². The Labute approximate surface area is 148 Å². The molecule has 0 spiro atoms. The molecule has 0 unspecified atom stereocenters. The SMILES string of the molecule is Cc1cc(C)cc(N2CCN(C(=O)CCc3cnn(C)c3)CC2=O)c1. The molecule has 0 atom stereocenters. The zero-order valence-corrected chi connectivity index (χ0v) is 15.0. The van der Waals surface area contributed by atoms with Crippen LogP contribution in [0, 0.1) is 13.8 Å². The van der Waals surface area contributed by atoms with Crippen LogP contribution in [-0.4, -0.2) is 46.1 Å². The molecule has 1 saturated heterocycles. The van der Waals surface area contributed by atoms with Gasteiger partial charge in [-0.1, -0.05) is 6.07 Å². The van der Waals surface area contributed by atoms with E-state index in [0.29, 0.717) is 25.9 Å². The summed E-state index contributed by atoms with van der Waals surface area (Å²) in [5, 5.41) is 4.11. The lowest BCUT2D eigenvalue weighted by atomic mass is 10.1. The molecule has 1 aromatic carbocycles. The Balaban J connectivity index is 1.59. The molecule has 0 aliphatic carbocycles. The fourth-order valence-electron chi connectivity index (χ4n) is 3.28. The summed E-state index contributed by atoms with van der Waals surface area (Å²) in [6, 6.07) is 6.13. The van der Waals surface area contributed by atoms with E-state index in [1.54, 1.807) is 20.7 Å². The summed E-state index contributed by atoms with van der Waals surface area (Å²) >= 11 is 0. The second-order valence-corrected chi connectivity index (χ2v) is 6.73. The number of carbonyl (C=O) groups excluding carboxylic acids is 2. The van der Waals surface area contributed by atoms with E-state index >= 15 is 0 Å². The molecule has 1 aromatic heterocycles. The van der Waals surface area contributed by atoms with E-state index < -0.39 is 0 Å². The maximum atomic E-state index is 12.5. The van der Waals surface area contributed by atoms with Gasteiger partial charge in [-0.3, -0.25) is 14.3 Å².